The van der Waals surface area contributed by atoms with Crippen molar-refractivity contribution in [2.45, 2.75) is 19.4 Å². The zero-order valence-corrected chi connectivity index (χ0v) is 11.2. The van der Waals surface area contributed by atoms with E-state index in [9.17, 15) is 4.79 Å². The number of fused-ring (bicyclic) bond motifs is 1. The summed E-state index contributed by atoms with van der Waals surface area (Å²) >= 11 is 0. The zero-order valence-electron chi connectivity index (χ0n) is 11.2. The minimum Gasteiger partial charge on any atom is -0.336 e. The summed E-state index contributed by atoms with van der Waals surface area (Å²) in [5, 5.41) is 7.73. The summed E-state index contributed by atoms with van der Waals surface area (Å²) in [6, 6.07) is 13.5. The Bertz CT molecular complexity index is 582. The van der Waals surface area contributed by atoms with Gasteiger partial charge in [0.25, 0.3) is 0 Å². The molecule has 0 bridgehead atoms. The quantitative estimate of drug-likeness (QED) is 0.791. The van der Waals surface area contributed by atoms with Crippen molar-refractivity contribution in [1.29, 1.82) is 0 Å². The zero-order chi connectivity index (χ0) is 13.9. The molecule has 0 saturated heterocycles. The Morgan fingerprint density at radius 1 is 1.16 bits per heavy atom. The van der Waals surface area contributed by atoms with Crippen LogP contribution in [0.25, 0.3) is 10.8 Å². The van der Waals surface area contributed by atoms with Crippen LogP contribution in [-0.2, 0) is 0 Å². The summed E-state index contributed by atoms with van der Waals surface area (Å²) in [4.78, 5) is 11.8. The molecule has 0 heterocycles. The number of rotatable bonds is 3. The van der Waals surface area contributed by atoms with E-state index in [4.69, 9.17) is 5.73 Å². The Labute approximate surface area is 113 Å². The van der Waals surface area contributed by atoms with Gasteiger partial charge in [0.2, 0.25) is 0 Å². The normalized spacial score (nSPS) is 11.3. The van der Waals surface area contributed by atoms with Gasteiger partial charge in [-0.3, -0.25) is 0 Å². The predicted octanol–water partition coefficient (Wildman–Crippen LogP) is 2.70. The topological polar surface area (TPSA) is 67.1 Å². The summed E-state index contributed by atoms with van der Waals surface area (Å²) < 4.78 is 0. The number of carbonyl (C=O) groups excluding carboxylic acids is 1. The van der Waals surface area contributed by atoms with Gasteiger partial charge < -0.3 is 16.4 Å². The number of nitrogens with two attached hydrogens (primary N) is 1. The van der Waals surface area contributed by atoms with E-state index < -0.39 is 5.54 Å². The first kappa shape index (κ1) is 13.4. The SMILES string of the molecule is CC(C)(N)CNC(=O)Nc1cccc2ccccc12. The Kier molecular flexibility index (Phi) is 3.71. The van der Waals surface area contributed by atoms with Crippen molar-refractivity contribution in [3.63, 3.8) is 0 Å². The van der Waals surface area contributed by atoms with Gasteiger partial charge in [-0.1, -0.05) is 36.4 Å². The van der Waals surface area contributed by atoms with Crippen molar-refractivity contribution in [1.82, 2.24) is 5.32 Å². The highest BCUT2D eigenvalue weighted by Crippen LogP contribution is 2.22. The monoisotopic (exact) mass is 257 g/mol. The van der Waals surface area contributed by atoms with E-state index in [0.717, 1.165) is 16.5 Å². The molecule has 2 amide bonds. The number of hydrogen-bond acceptors (Lipinski definition) is 2. The summed E-state index contributed by atoms with van der Waals surface area (Å²) in [5.74, 6) is 0. The molecule has 0 fully saturated rings. The van der Waals surface area contributed by atoms with Crippen LogP contribution in [0.3, 0.4) is 0 Å². The maximum Gasteiger partial charge on any atom is 0.319 e. The number of benzene rings is 2. The molecule has 4 nitrogen and oxygen atoms in total. The fraction of sp³-hybridized carbons (Fsp3) is 0.267. The Hall–Kier alpha value is -2.07. The molecule has 0 aliphatic carbocycles. The van der Waals surface area contributed by atoms with Crippen molar-refractivity contribution >= 4 is 22.5 Å². The molecule has 4 N–H and O–H groups in total. The molecule has 0 aliphatic rings. The highest BCUT2D eigenvalue weighted by Gasteiger charge is 2.12. The van der Waals surface area contributed by atoms with Gasteiger partial charge in [0.15, 0.2) is 0 Å². The van der Waals surface area contributed by atoms with Gasteiger partial charge in [-0.05, 0) is 25.3 Å². The number of nitrogens with one attached hydrogen (secondary N) is 2. The third kappa shape index (κ3) is 3.69. The van der Waals surface area contributed by atoms with Gasteiger partial charge in [-0.2, -0.15) is 0 Å². The molecule has 0 saturated carbocycles. The van der Waals surface area contributed by atoms with E-state index >= 15 is 0 Å². The molecule has 0 aliphatic heterocycles. The van der Waals surface area contributed by atoms with Gasteiger partial charge in [0.05, 0.1) is 5.69 Å². The van der Waals surface area contributed by atoms with Crippen LogP contribution >= 0.6 is 0 Å². The molecule has 2 aromatic carbocycles. The van der Waals surface area contributed by atoms with E-state index in [1.54, 1.807) is 0 Å². The smallest absolute Gasteiger partial charge is 0.319 e. The average Bonchev–Trinajstić information content (AvgIpc) is 2.36. The predicted molar refractivity (Wildman–Crippen MR) is 79.2 cm³/mol. The maximum absolute atomic E-state index is 11.8. The van der Waals surface area contributed by atoms with E-state index in [1.165, 1.54) is 0 Å². The van der Waals surface area contributed by atoms with Gasteiger partial charge in [-0.25, -0.2) is 4.79 Å². The molecule has 100 valence electrons. The van der Waals surface area contributed by atoms with Crippen molar-refractivity contribution in [3.05, 3.63) is 42.5 Å². The van der Waals surface area contributed by atoms with Crippen molar-refractivity contribution in [2.24, 2.45) is 5.73 Å². The van der Waals surface area contributed by atoms with Crippen LogP contribution in [-0.4, -0.2) is 18.1 Å². The standard InChI is InChI=1S/C15H19N3O/c1-15(2,16)10-17-14(19)18-13-9-5-7-11-6-3-4-8-12(11)13/h3-9H,10,16H2,1-2H3,(H2,17,18,19). The largest absolute Gasteiger partial charge is 0.336 e. The van der Waals surface area contributed by atoms with Crippen molar-refractivity contribution in [3.8, 4) is 0 Å². The third-order valence-electron chi connectivity index (χ3n) is 2.74. The fourth-order valence-corrected chi connectivity index (χ4v) is 1.81. The number of hydrogen-bond donors (Lipinski definition) is 3. The van der Waals surface area contributed by atoms with Crippen LogP contribution in [0.5, 0.6) is 0 Å². The van der Waals surface area contributed by atoms with Gasteiger partial charge in [0.1, 0.15) is 0 Å². The number of anilines is 1. The second kappa shape index (κ2) is 5.28. The average molecular weight is 257 g/mol. The number of urea groups is 1. The van der Waals surface area contributed by atoms with Crippen molar-refractivity contribution < 1.29 is 4.79 Å². The molecular weight excluding hydrogens is 238 g/mol. The van der Waals surface area contributed by atoms with Crippen LogP contribution in [0.4, 0.5) is 10.5 Å². The Morgan fingerprint density at radius 2 is 1.84 bits per heavy atom. The first-order valence-electron chi connectivity index (χ1n) is 6.27. The molecule has 0 spiro atoms. The van der Waals surface area contributed by atoms with Crippen molar-refractivity contribution in [2.75, 3.05) is 11.9 Å². The van der Waals surface area contributed by atoms with Crippen LogP contribution in [0.1, 0.15) is 13.8 Å². The summed E-state index contributed by atoms with van der Waals surface area (Å²) in [6.45, 7) is 4.15. The number of carbonyl (C=O) groups is 1. The molecule has 0 radical (unpaired) electrons. The molecular formula is C15H19N3O. The van der Waals surface area contributed by atoms with E-state index in [1.807, 2.05) is 56.3 Å². The first-order chi connectivity index (χ1) is 8.96. The fourth-order valence-electron chi connectivity index (χ4n) is 1.81. The lowest BCUT2D eigenvalue weighted by molar-refractivity contribution is 0.250. The molecule has 2 aromatic rings. The van der Waals surface area contributed by atoms with E-state index in [2.05, 4.69) is 10.6 Å². The van der Waals surface area contributed by atoms with Gasteiger partial charge in [0, 0.05) is 17.5 Å². The lowest BCUT2D eigenvalue weighted by Crippen LogP contribution is -2.46. The highest BCUT2D eigenvalue weighted by molar-refractivity contribution is 6.01. The molecule has 0 unspecified atom stereocenters. The second-order valence-corrected chi connectivity index (χ2v) is 5.32. The maximum atomic E-state index is 11.8. The summed E-state index contributed by atoms with van der Waals surface area (Å²) in [6.07, 6.45) is 0. The minimum absolute atomic E-state index is 0.241. The molecule has 19 heavy (non-hydrogen) atoms. The molecule has 0 atom stereocenters. The number of amides is 2. The van der Waals surface area contributed by atoms with Crippen LogP contribution in [0.2, 0.25) is 0 Å². The second-order valence-electron chi connectivity index (χ2n) is 5.32. The van der Waals surface area contributed by atoms with Gasteiger partial charge >= 0.3 is 6.03 Å². The first-order valence-corrected chi connectivity index (χ1v) is 6.27. The van der Waals surface area contributed by atoms with Gasteiger partial charge in [-0.15, -0.1) is 0 Å². The van der Waals surface area contributed by atoms with Crippen LogP contribution in [0.15, 0.2) is 42.5 Å². The summed E-state index contributed by atoms with van der Waals surface area (Å²) in [5.41, 5.74) is 6.20. The molecule has 4 heteroatoms. The highest BCUT2D eigenvalue weighted by atomic mass is 16.2. The third-order valence-corrected chi connectivity index (χ3v) is 2.74. The molecule has 0 aromatic heterocycles. The Morgan fingerprint density at radius 3 is 2.58 bits per heavy atom. The summed E-state index contributed by atoms with van der Waals surface area (Å²) in [7, 11) is 0. The minimum atomic E-state index is -0.421. The van der Waals surface area contributed by atoms with Crippen LogP contribution in [0, 0.1) is 0 Å². The van der Waals surface area contributed by atoms with E-state index in [0.29, 0.717) is 6.54 Å². The Balaban J connectivity index is 2.11. The van der Waals surface area contributed by atoms with Crippen LogP contribution < -0.4 is 16.4 Å². The van der Waals surface area contributed by atoms with E-state index in [-0.39, 0.29) is 6.03 Å². The lowest BCUT2D eigenvalue weighted by atomic mass is 10.1. The molecule has 2 rings (SSSR count). The lowest BCUT2D eigenvalue weighted by Gasteiger charge is -2.19.